The van der Waals surface area contributed by atoms with Gasteiger partial charge in [-0.15, -0.1) is 0 Å². The van der Waals surface area contributed by atoms with E-state index in [-0.39, 0.29) is 24.2 Å². The molecule has 1 fully saturated rings. The summed E-state index contributed by atoms with van der Waals surface area (Å²) in [4.78, 5) is 24.6. The van der Waals surface area contributed by atoms with Crippen molar-refractivity contribution in [1.29, 1.82) is 0 Å². The minimum atomic E-state index is -4.44. The average molecular weight is 428 g/mol. The van der Waals surface area contributed by atoms with Gasteiger partial charge in [0, 0.05) is 31.9 Å². The van der Waals surface area contributed by atoms with Crippen molar-refractivity contribution in [3.05, 3.63) is 47.2 Å². The minimum Gasteiger partial charge on any atom is -0.341 e. The molecule has 1 N–H and O–H groups in total. The third kappa shape index (κ3) is 5.80. The van der Waals surface area contributed by atoms with Gasteiger partial charge in [-0.3, -0.25) is 9.69 Å². The van der Waals surface area contributed by atoms with Crippen LogP contribution in [0.15, 0.2) is 36.7 Å². The Morgan fingerprint density at radius 2 is 1.93 bits per heavy atom. The number of carbonyl (C=O) groups excluding carboxylic acids is 1. The van der Waals surface area contributed by atoms with Gasteiger partial charge in [0.25, 0.3) is 0 Å². The molecule has 1 amide bonds. The molecule has 2 heterocycles. The summed E-state index contributed by atoms with van der Waals surface area (Å²) in [7, 11) is 1.92. The van der Waals surface area contributed by atoms with E-state index in [9.17, 15) is 18.0 Å². The van der Waals surface area contributed by atoms with E-state index >= 15 is 0 Å². The Hall–Kier alpha value is -2.39. The molecule has 6 nitrogen and oxygen atoms in total. The zero-order chi connectivity index (χ0) is 21.0. The number of carbonyl (C=O) groups is 1. The fourth-order valence-electron chi connectivity index (χ4n) is 3.29. The second-order valence-corrected chi connectivity index (χ2v) is 7.38. The first-order chi connectivity index (χ1) is 13.7. The molecule has 0 radical (unpaired) electrons. The summed E-state index contributed by atoms with van der Waals surface area (Å²) in [6.07, 6.45) is 0.294. The molecule has 2 aromatic rings. The van der Waals surface area contributed by atoms with Crippen LogP contribution in [0.1, 0.15) is 18.4 Å². The van der Waals surface area contributed by atoms with Crippen LogP contribution in [0.25, 0.3) is 0 Å². The Balaban J connectivity index is 1.49. The minimum absolute atomic E-state index is 0.129. The van der Waals surface area contributed by atoms with Crippen molar-refractivity contribution in [3.63, 3.8) is 0 Å². The molecular formula is C19H21ClF3N5O. The van der Waals surface area contributed by atoms with Crippen LogP contribution in [-0.4, -0.2) is 53.5 Å². The molecule has 29 heavy (non-hydrogen) atoms. The predicted octanol–water partition coefficient (Wildman–Crippen LogP) is 3.69. The van der Waals surface area contributed by atoms with E-state index in [4.69, 9.17) is 11.6 Å². The Morgan fingerprint density at radius 1 is 1.28 bits per heavy atom. The first kappa shape index (κ1) is 21.3. The lowest BCUT2D eigenvalue weighted by atomic mass is 10.0. The summed E-state index contributed by atoms with van der Waals surface area (Å²) in [5.41, 5.74) is -0.650. The van der Waals surface area contributed by atoms with Gasteiger partial charge >= 0.3 is 6.18 Å². The van der Waals surface area contributed by atoms with E-state index in [1.54, 1.807) is 12.4 Å². The topological polar surface area (TPSA) is 61.4 Å². The molecule has 156 valence electrons. The van der Waals surface area contributed by atoms with Gasteiger partial charge < -0.3 is 10.2 Å². The number of anilines is 2. The van der Waals surface area contributed by atoms with E-state index in [2.05, 4.69) is 15.3 Å². The van der Waals surface area contributed by atoms with Crippen molar-refractivity contribution in [2.45, 2.75) is 25.1 Å². The van der Waals surface area contributed by atoms with Crippen LogP contribution in [0.2, 0.25) is 5.02 Å². The maximum Gasteiger partial charge on any atom is 0.416 e. The number of benzene rings is 1. The standard InChI is InChI=1S/C19H21ClF3N5O/c1-27(18-24-10-14(20)11-25-18)16-5-7-28(8-6-16)12-17(29)26-15-4-2-3-13(9-15)19(21,22)23/h2-4,9-11,16H,5-8,12H2,1H3,(H,26,29). The summed E-state index contributed by atoms with van der Waals surface area (Å²) < 4.78 is 38.3. The van der Waals surface area contributed by atoms with Crippen molar-refractivity contribution in [2.75, 3.05) is 36.9 Å². The van der Waals surface area contributed by atoms with Crippen LogP contribution in [0.5, 0.6) is 0 Å². The number of rotatable bonds is 5. The summed E-state index contributed by atoms with van der Waals surface area (Å²) in [6, 6.07) is 4.87. The summed E-state index contributed by atoms with van der Waals surface area (Å²) >= 11 is 5.81. The van der Waals surface area contributed by atoms with Gasteiger partial charge in [0.05, 0.1) is 29.5 Å². The van der Waals surface area contributed by atoms with Crippen LogP contribution >= 0.6 is 11.6 Å². The van der Waals surface area contributed by atoms with E-state index in [1.807, 2.05) is 16.8 Å². The summed E-state index contributed by atoms with van der Waals surface area (Å²) in [6.45, 7) is 1.52. The number of halogens is 4. The van der Waals surface area contributed by atoms with E-state index in [0.717, 1.165) is 25.0 Å². The molecule has 1 aromatic carbocycles. The highest BCUT2D eigenvalue weighted by atomic mass is 35.5. The van der Waals surface area contributed by atoms with Crippen LogP contribution in [0, 0.1) is 0 Å². The van der Waals surface area contributed by atoms with Crippen molar-refractivity contribution in [1.82, 2.24) is 14.9 Å². The van der Waals surface area contributed by atoms with Crippen LogP contribution in [0.4, 0.5) is 24.8 Å². The fourth-order valence-corrected chi connectivity index (χ4v) is 3.39. The van der Waals surface area contributed by atoms with Gasteiger partial charge in [0.2, 0.25) is 11.9 Å². The lowest BCUT2D eigenvalue weighted by Gasteiger charge is -2.36. The Bertz CT molecular complexity index is 838. The normalized spacial score (nSPS) is 15.9. The van der Waals surface area contributed by atoms with Crippen LogP contribution < -0.4 is 10.2 Å². The second-order valence-electron chi connectivity index (χ2n) is 6.95. The number of piperidine rings is 1. The number of nitrogens with one attached hydrogen (secondary N) is 1. The fraction of sp³-hybridized carbons (Fsp3) is 0.421. The van der Waals surface area contributed by atoms with Crippen molar-refractivity contribution < 1.29 is 18.0 Å². The second kappa shape index (κ2) is 8.96. The highest BCUT2D eigenvalue weighted by molar-refractivity contribution is 6.30. The zero-order valence-corrected chi connectivity index (χ0v) is 16.5. The molecule has 10 heteroatoms. The van der Waals surface area contributed by atoms with Gasteiger partial charge in [0.1, 0.15) is 0 Å². The van der Waals surface area contributed by atoms with Gasteiger partial charge in [-0.05, 0) is 31.0 Å². The largest absolute Gasteiger partial charge is 0.416 e. The third-order valence-electron chi connectivity index (χ3n) is 4.87. The van der Waals surface area contributed by atoms with Gasteiger partial charge in [-0.25, -0.2) is 9.97 Å². The molecular weight excluding hydrogens is 407 g/mol. The Morgan fingerprint density at radius 3 is 2.55 bits per heavy atom. The number of aromatic nitrogens is 2. The van der Waals surface area contributed by atoms with Crippen LogP contribution in [0.3, 0.4) is 0 Å². The highest BCUT2D eigenvalue weighted by Gasteiger charge is 2.30. The van der Waals surface area contributed by atoms with Crippen molar-refractivity contribution >= 4 is 29.1 Å². The quantitative estimate of drug-likeness (QED) is 0.788. The highest BCUT2D eigenvalue weighted by Crippen LogP contribution is 2.30. The third-order valence-corrected chi connectivity index (χ3v) is 5.06. The van der Waals surface area contributed by atoms with Crippen LogP contribution in [-0.2, 0) is 11.0 Å². The molecule has 0 aliphatic carbocycles. The number of nitrogens with zero attached hydrogens (tertiary/aromatic N) is 4. The average Bonchev–Trinajstić information content (AvgIpc) is 2.68. The summed E-state index contributed by atoms with van der Waals surface area (Å²) in [5, 5.41) is 3.02. The molecule has 3 rings (SSSR count). The molecule has 1 aliphatic rings. The number of likely N-dealkylation sites (tertiary alicyclic amines) is 1. The van der Waals surface area contributed by atoms with Gasteiger partial charge in [0.15, 0.2) is 0 Å². The number of hydrogen-bond donors (Lipinski definition) is 1. The van der Waals surface area contributed by atoms with Crippen molar-refractivity contribution in [2.24, 2.45) is 0 Å². The zero-order valence-electron chi connectivity index (χ0n) is 15.8. The molecule has 1 aliphatic heterocycles. The molecule has 0 atom stereocenters. The predicted molar refractivity (Wildman–Crippen MR) is 105 cm³/mol. The molecule has 0 unspecified atom stereocenters. The smallest absolute Gasteiger partial charge is 0.341 e. The summed E-state index contributed by atoms with van der Waals surface area (Å²) in [5.74, 6) is 0.257. The van der Waals surface area contributed by atoms with E-state index in [0.29, 0.717) is 24.1 Å². The van der Waals surface area contributed by atoms with E-state index in [1.165, 1.54) is 12.1 Å². The molecule has 1 saturated heterocycles. The number of hydrogen-bond acceptors (Lipinski definition) is 5. The Labute approximate surface area is 171 Å². The SMILES string of the molecule is CN(c1ncc(Cl)cn1)C1CCN(CC(=O)Nc2cccc(C(F)(F)F)c2)CC1. The molecule has 0 spiro atoms. The lowest BCUT2D eigenvalue weighted by molar-refractivity contribution is -0.137. The Kier molecular flexibility index (Phi) is 6.59. The first-order valence-corrected chi connectivity index (χ1v) is 9.50. The van der Waals surface area contributed by atoms with Gasteiger partial charge in [-0.1, -0.05) is 17.7 Å². The molecule has 0 saturated carbocycles. The maximum absolute atomic E-state index is 12.8. The van der Waals surface area contributed by atoms with E-state index < -0.39 is 11.7 Å². The lowest BCUT2D eigenvalue weighted by Crippen LogP contribution is -2.46. The van der Waals surface area contributed by atoms with Gasteiger partial charge in [-0.2, -0.15) is 13.2 Å². The molecule has 1 aromatic heterocycles. The first-order valence-electron chi connectivity index (χ1n) is 9.12. The monoisotopic (exact) mass is 427 g/mol. The maximum atomic E-state index is 12.8. The number of alkyl halides is 3. The number of amides is 1. The van der Waals surface area contributed by atoms with Crippen molar-refractivity contribution in [3.8, 4) is 0 Å². The molecule has 0 bridgehead atoms.